The third kappa shape index (κ3) is 2.61. The van der Waals surface area contributed by atoms with Crippen LogP contribution < -0.4 is 0 Å². The van der Waals surface area contributed by atoms with Gasteiger partial charge in [-0.15, -0.1) is 0 Å². The molecule has 84 valence electrons. The lowest BCUT2D eigenvalue weighted by Crippen LogP contribution is -2.40. The Bertz CT molecular complexity index is 288. The Labute approximate surface area is 87.9 Å². The summed E-state index contributed by atoms with van der Waals surface area (Å²) in [4.78, 5) is 14.0. The van der Waals surface area contributed by atoms with Crippen LogP contribution in [0.3, 0.4) is 0 Å². The minimum absolute atomic E-state index is 0.109. The molecule has 6 heteroatoms. The highest BCUT2D eigenvalue weighted by Crippen LogP contribution is 2.32. The zero-order valence-electron chi connectivity index (χ0n) is 8.83. The Morgan fingerprint density at radius 1 is 1.60 bits per heavy atom. The van der Waals surface area contributed by atoms with Crippen molar-refractivity contribution < 1.29 is 14.6 Å². The summed E-state index contributed by atoms with van der Waals surface area (Å²) in [5, 5.41) is 13.3. The zero-order valence-corrected chi connectivity index (χ0v) is 8.83. The summed E-state index contributed by atoms with van der Waals surface area (Å²) in [6.45, 7) is 1.82. The summed E-state index contributed by atoms with van der Waals surface area (Å²) < 4.78 is 4.61. The molecule has 1 aliphatic rings. The number of carbonyl (C=O) groups excluding carboxylic acids is 1. The predicted octanol–water partition coefficient (Wildman–Crippen LogP) is 1.25. The Morgan fingerprint density at radius 3 is 2.80 bits per heavy atom. The molecule has 0 spiro atoms. The number of ether oxygens (including phenoxy) is 1. The van der Waals surface area contributed by atoms with Gasteiger partial charge in [0.25, 0.3) is 0 Å². The van der Waals surface area contributed by atoms with Crippen molar-refractivity contribution in [1.82, 2.24) is 0 Å². The lowest BCUT2D eigenvalue weighted by Gasteiger charge is -2.34. The van der Waals surface area contributed by atoms with E-state index in [1.165, 1.54) is 7.11 Å². The van der Waals surface area contributed by atoms with Gasteiger partial charge in [-0.25, -0.2) is 0 Å². The quantitative estimate of drug-likeness (QED) is 0.323. The molecule has 4 atom stereocenters. The number of aliphatic hydroxyl groups is 1. The first-order valence-corrected chi connectivity index (χ1v) is 4.90. The molecule has 1 saturated carbocycles. The molecule has 1 fully saturated rings. The zero-order chi connectivity index (χ0) is 11.4. The van der Waals surface area contributed by atoms with Crippen molar-refractivity contribution in [3.05, 3.63) is 10.4 Å². The largest absolute Gasteiger partial charge is 0.469 e. The molecule has 0 aromatic carbocycles. The minimum Gasteiger partial charge on any atom is -0.469 e. The third-order valence-electron chi connectivity index (χ3n) is 3.00. The number of rotatable bonds is 2. The number of nitrogens with zero attached hydrogens (tertiary/aromatic N) is 3. The van der Waals surface area contributed by atoms with Crippen molar-refractivity contribution >= 4 is 5.97 Å². The first kappa shape index (κ1) is 11.8. The summed E-state index contributed by atoms with van der Waals surface area (Å²) in [7, 11) is 1.31. The van der Waals surface area contributed by atoms with E-state index in [0.717, 1.165) is 0 Å². The summed E-state index contributed by atoms with van der Waals surface area (Å²) >= 11 is 0. The highest BCUT2D eigenvalue weighted by Gasteiger charge is 2.37. The van der Waals surface area contributed by atoms with E-state index in [9.17, 15) is 9.90 Å². The van der Waals surface area contributed by atoms with Crippen LogP contribution in [-0.4, -0.2) is 30.3 Å². The van der Waals surface area contributed by atoms with Gasteiger partial charge < -0.3 is 9.84 Å². The molecule has 1 rings (SSSR count). The van der Waals surface area contributed by atoms with Crippen LogP contribution in [0.2, 0.25) is 0 Å². The normalized spacial score (nSPS) is 35.4. The van der Waals surface area contributed by atoms with Crippen molar-refractivity contribution in [2.45, 2.75) is 31.9 Å². The van der Waals surface area contributed by atoms with Crippen molar-refractivity contribution in [3.8, 4) is 0 Å². The Morgan fingerprint density at radius 2 is 2.27 bits per heavy atom. The van der Waals surface area contributed by atoms with Crippen LogP contribution in [0.4, 0.5) is 0 Å². The maximum absolute atomic E-state index is 11.3. The molecule has 1 aliphatic carbocycles. The standard InChI is InChI=1S/C9H15N3O3/c1-5-7(11-12-10)3-6(4-8(5)13)9(14)15-2/h5-8,13H,3-4H2,1-2H3/t5-,6?,7?,8-/m1/s1. The highest BCUT2D eigenvalue weighted by atomic mass is 16.5. The number of esters is 1. The molecule has 0 radical (unpaired) electrons. The van der Waals surface area contributed by atoms with Crippen molar-refractivity contribution in [2.24, 2.45) is 17.0 Å². The van der Waals surface area contributed by atoms with E-state index in [0.29, 0.717) is 12.8 Å². The third-order valence-corrected chi connectivity index (χ3v) is 3.00. The molecule has 0 bridgehead atoms. The number of azide groups is 1. The van der Waals surface area contributed by atoms with Gasteiger partial charge in [0.1, 0.15) is 0 Å². The van der Waals surface area contributed by atoms with Gasteiger partial charge in [-0.2, -0.15) is 0 Å². The van der Waals surface area contributed by atoms with Gasteiger partial charge >= 0.3 is 5.97 Å². The van der Waals surface area contributed by atoms with Gasteiger partial charge in [0.05, 0.1) is 19.1 Å². The average Bonchev–Trinajstić information content (AvgIpc) is 2.23. The SMILES string of the molecule is COC(=O)C1CC(N=[N+]=[N-])[C@@H](C)[C@H](O)C1. The molecule has 0 aromatic rings. The molecular formula is C9H15N3O3. The number of aliphatic hydroxyl groups excluding tert-OH is 1. The molecule has 2 unspecified atom stereocenters. The molecule has 0 aliphatic heterocycles. The Hall–Kier alpha value is -1.26. The summed E-state index contributed by atoms with van der Waals surface area (Å²) in [6.07, 6.45) is 0.221. The molecule has 0 amide bonds. The van der Waals surface area contributed by atoms with E-state index in [4.69, 9.17) is 5.53 Å². The Kier molecular flexibility index (Phi) is 3.94. The molecule has 0 heterocycles. The van der Waals surface area contributed by atoms with Crippen LogP contribution in [0.1, 0.15) is 19.8 Å². The van der Waals surface area contributed by atoms with Crippen molar-refractivity contribution in [1.29, 1.82) is 0 Å². The minimum atomic E-state index is -0.613. The maximum Gasteiger partial charge on any atom is 0.308 e. The second-order valence-electron chi connectivity index (χ2n) is 3.89. The van der Waals surface area contributed by atoms with Crippen LogP contribution in [0.5, 0.6) is 0 Å². The van der Waals surface area contributed by atoms with E-state index in [1.807, 2.05) is 6.92 Å². The number of hydrogen-bond donors (Lipinski definition) is 1. The van der Waals surface area contributed by atoms with Crippen LogP contribution in [-0.2, 0) is 9.53 Å². The first-order chi connectivity index (χ1) is 7.10. The van der Waals surface area contributed by atoms with Crippen molar-refractivity contribution in [3.63, 3.8) is 0 Å². The highest BCUT2D eigenvalue weighted by molar-refractivity contribution is 5.72. The van der Waals surface area contributed by atoms with Crippen LogP contribution in [0, 0.1) is 11.8 Å². The first-order valence-electron chi connectivity index (χ1n) is 4.90. The lowest BCUT2D eigenvalue weighted by atomic mass is 9.77. The maximum atomic E-state index is 11.3. The topological polar surface area (TPSA) is 95.3 Å². The van der Waals surface area contributed by atoms with Gasteiger partial charge in [-0.1, -0.05) is 12.0 Å². The molecule has 15 heavy (non-hydrogen) atoms. The van der Waals surface area contributed by atoms with E-state index < -0.39 is 6.10 Å². The molecule has 6 nitrogen and oxygen atoms in total. The van der Waals surface area contributed by atoms with E-state index in [1.54, 1.807) is 0 Å². The number of carbonyl (C=O) groups is 1. The van der Waals surface area contributed by atoms with Gasteiger partial charge in [-0.05, 0) is 24.3 Å². The fourth-order valence-corrected chi connectivity index (χ4v) is 1.94. The summed E-state index contributed by atoms with van der Waals surface area (Å²) in [5.41, 5.74) is 8.37. The van der Waals surface area contributed by atoms with Gasteiger partial charge in [0.15, 0.2) is 0 Å². The van der Waals surface area contributed by atoms with Gasteiger partial charge in [0.2, 0.25) is 0 Å². The Balaban J connectivity index is 2.74. The van der Waals surface area contributed by atoms with Crippen LogP contribution in [0.15, 0.2) is 5.11 Å². The second-order valence-corrected chi connectivity index (χ2v) is 3.89. The van der Waals surface area contributed by atoms with E-state index in [2.05, 4.69) is 14.8 Å². The molecule has 1 N–H and O–H groups in total. The number of hydrogen-bond acceptors (Lipinski definition) is 4. The summed E-state index contributed by atoms with van der Waals surface area (Å²) in [6, 6.07) is -0.331. The smallest absolute Gasteiger partial charge is 0.308 e. The predicted molar refractivity (Wildman–Crippen MR) is 52.8 cm³/mol. The van der Waals surface area contributed by atoms with E-state index >= 15 is 0 Å². The molecule has 0 aromatic heterocycles. The lowest BCUT2D eigenvalue weighted by molar-refractivity contribution is -0.149. The van der Waals surface area contributed by atoms with E-state index in [-0.39, 0.29) is 23.8 Å². The number of methoxy groups -OCH3 is 1. The second kappa shape index (κ2) is 5.00. The fraction of sp³-hybridized carbons (Fsp3) is 0.889. The van der Waals surface area contributed by atoms with Gasteiger partial charge in [0, 0.05) is 11.0 Å². The van der Waals surface area contributed by atoms with Crippen molar-refractivity contribution in [2.75, 3.05) is 7.11 Å². The molecule has 0 saturated heterocycles. The average molecular weight is 213 g/mol. The molecular weight excluding hydrogens is 198 g/mol. The van der Waals surface area contributed by atoms with Crippen LogP contribution in [0.25, 0.3) is 10.4 Å². The van der Waals surface area contributed by atoms with Crippen LogP contribution >= 0.6 is 0 Å². The monoisotopic (exact) mass is 213 g/mol. The van der Waals surface area contributed by atoms with Gasteiger partial charge in [-0.3, -0.25) is 4.79 Å². The summed E-state index contributed by atoms with van der Waals surface area (Å²) in [5.74, 6) is -0.822. The fourth-order valence-electron chi connectivity index (χ4n) is 1.94.